The van der Waals surface area contributed by atoms with Gasteiger partial charge in [-0.05, 0) is 44.2 Å². The van der Waals surface area contributed by atoms with Gasteiger partial charge >= 0.3 is 0 Å². The summed E-state index contributed by atoms with van der Waals surface area (Å²) in [5, 5.41) is 6.48. The van der Waals surface area contributed by atoms with E-state index in [1.807, 2.05) is 26.0 Å². The Labute approximate surface area is 161 Å². The molecule has 25 heavy (non-hydrogen) atoms. The molecule has 0 radical (unpaired) electrons. The second-order valence-electron chi connectivity index (χ2n) is 5.62. The highest BCUT2D eigenvalue weighted by Gasteiger charge is 2.14. The highest BCUT2D eigenvalue weighted by molar-refractivity contribution is 8.00. The Balaban J connectivity index is 2.10. The molecule has 2 aromatic rings. The fourth-order valence-electron chi connectivity index (χ4n) is 2.11. The Morgan fingerprint density at radius 2 is 1.72 bits per heavy atom. The van der Waals surface area contributed by atoms with Gasteiger partial charge in [-0.2, -0.15) is 0 Å². The van der Waals surface area contributed by atoms with Crippen molar-refractivity contribution >= 4 is 52.5 Å². The van der Waals surface area contributed by atoms with Gasteiger partial charge in [0.1, 0.15) is 0 Å². The molecule has 2 N–H and O–H groups in total. The van der Waals surface area contributed by atoms with Crippen molar-refractivity contribution in [3.63, 3.8) is 0 Å². The van der Waals surface area contributed by atoms with E-state index < -0.39 is 0 Å². The molecular weight excluding hydrogens is 379 g/mol. The quantitative estimate of drug-likeness (QED) is 0.685. The van der Waals surface area contributed by atoms with E-state index >= 15 is 0 Å². The zero-order valence-electron chi connectivity index (χ0n) is 13.8. The van der Waals surface area contributed by atoms with Crippen LogP contribution in [-0.4, -0.2) is 23.6 Å². The number of hydrogen-bond donors (Lipinski definition) is 2. The van der Waals surface area contributed by atoms with Crippen molar-refractivity contribution in [1.29, 1.82) is 0 Å². The van der Waals surface area contributed by atoms with Gasteiger partial charge in [-0.1, -0.05) is 35.3 Å². The van der Waals surface area contributed by atoms with Crippen molar-refractivity contribution in [2.45, 2.75) is 24.8 Å². The summed E-state index contributed by atoms with van der Waals surface area (Å²) in [5.74, 6) is -0.117. The predicted octanol–water partition coefficient (Wildman–Crippen LogP) is 4.86. The molecule has 0 spiro atoms. The number of hydrogen-bond acceptors (Lipinski definition) is 3. The summed E-state index contributed by atoms with van der Waals surface area (Å²) in [4.78, 5) is 25.1. The molecule has 0 saturated carbocycles. The first-order chi connectivity index (χ1) is 11.8. The molecule has 0 aromatic heterocycles. The van der Waals surface area contributed by atoms with E-state index in [1.165, 1.54) is 11.8 Å². The number of benzene rings is 2. The van der Waals surface area contributed by atoms with Gasteiger partial charge in [0.2, 0.25) is 5.91 Å². The van der Waals surface area contributed by atoms with Crippen LogP contribution in [0.1, 0.15) is 24.2 Å². The lowest BCUT2D eigenvalue weighted by atomic mass is 10.2. The number of carbonyl (C=O) groups is 2. The molecule has 4 nitrogen and oxygen atoms in total. The average molecular weight is 397 g/mol. The van der Waals surface area contributed by atoms with Crippen LogP contribution >= 0.6 is 35.0 Å². The molecule has 0 unspecified atom stereocenters. The second kappa shape index (κ2) is 9.13. The van der Waals surface area contributed by atoms with E-state index in [9.17, 15) is 9.59 Å². The first-order valence-electron chi connectivity index (χ1n) is 7.64. The van der Waals surface area contributed by atoms with E-state index in [0.717, 1.165) is 4.90 Å². The number of thioether (sulfide) groups is 1. The van der Waals surface area contributed by atoms with Crippen molar-refractivity contribution < 1.29 is 9.59 Å². The Morgan fingerprint density at radius 3 is 2.36 bits per heavy atom. The minimum absolute atomic E-state index is 0.0724. The third kappa shape index (κ3) is 6.27. The topological polar surface area (TPSA) is 58.2 Å². The number of halogens is 2. The largest absolute Gasteiger partial charge is 0.353 e. The van der Waals surface area contributed by atoms with Crippen LogP contribution in [0.15, 0.2) is 47.4 Å². The fourth-order valence-corrected chi connectivity index (χ4v) is 3.50. The molecule has 0 saturated heterocycles. The molecule has 0 bridgehead atoms. The van der Waals surface area contributed by atoms with Crippen LogP contribution in [-0.2, 0) is 4.79 Å². The third-order valence-corrected chi connectivity index (χ3v) is 4.57. The van der Waals surface area contributed by atoms with Crippen LogP contribution in [0.4, 0.5) is 5.69 Å². The van der Waals surface area contributed by atoms with Crippen LogP contribution in [0.2, 0.25) is 10.0 Å². The summed E-state index contributed by atoms with van der Waals surface area (Å²) in [5.41, 5.74) is 1.00. The molecule has 132 valence electrons. The maximum Gasteiger partial charge on any atom is 0.256 e. The van der Waals surface area contributed by atoms with Gasteiger partial charge in [-0.15, -0.1) is 11.8 Å². The third-order valence-electron chi connectivity index (χ3n) is 3.06. The Kier molecular flexibility index (Phi) is 7.17. The number of anilines is 1. The molecule has 0 heterocycles. The van der Waals surface area contributed by atoms with Crippen molar-refractivity contribution in [2.24, 2.45) is 0 Å². The highest BCUT2D eigenvalue weighted by atomic mass is 35.5. The number of carbonyl (C=O) groups excluding carboxylic acids is 2. The maximum absolute atomic E-state index is 12.6. The van der Waals surface area contributed by atoms with Crippen molar-refractivity contribution in [3.8, 4) is 0 Å². The van der Waals surface area contributed by atoms with E-state index in [-0.39, 0.29) is 23.6 Å². The van der Waals surface area contributed by atoms with E-state index in [2.05, 4.69) is 10.6 Å². The van der Waals surface area contributed by atoms with Crippen LogP contribution < -0.4 is 10.6 Å². The van der Waals surface area contributed by atoms with Crippen molar-refractivity contribution in [1.82, 2.24) is 5.32 Å². The first kappa shape index (κ1) is 19.6. The van der Waals surface area contributed by atoms with Gasteiger partial charge in [0.25, 0.3) is 5.91 Å². The normalized spacial score (nSPS) is 10.6. The lowest BCUT2D eigenvalue weighted by Crippen LogP contribution is -2.31. The molecule has 0 aliphatic rings. The van der Waals surface area contributed by atoms with Crippen molar-refractivity contribution in [2.75, 3.05) is 11.1 Å². The maximum atomic E-state index is 12.6. The van der Waals surface area contributed by atoms with Crippen LogP contribution in [0.3, 0.4) is 0 Å². The second-order valence-corrected chi connectivity index (χ2v) is 7.51. The van der Waals surface area contributed by atoms with Gasteiger partial charge in [-0.3, -0.25) is 9.59 Å². The standard InChI is InChI=1S/C18H18Cl2N2O2S/c1-11(2)21-17(23)10-25-16-6-4-3-5-15(16)18(24)22-14-8-12(19)7-13(20)9-14/h3-9,11H,10H2,1-2H3,(H,21,23)(H,22,24). The molecule has 0 aliphatic carbocycles. The summed E-state index contributed by atoms with van der Waals surface area (Å²) in [6, 6.07) is 12.1. The monoisotopic (exact) mass is 396 g/mol. The Hall–Kier alpha value is -1.69. The summed E-state index contributed by atoms with van der Waals surface area (Å²) in [7, 11) is 0. The molecular formula is C18H18Cl2N2O2S. The number of rotatable bonds is 6. The SMILES string of the molecule is CC(C)NC(=O)CSc1ccccc1C(=O)Nc1cc(Cl)cc(Cl)c1. The molecule has 2 aromatic carbocycles. The van der Waals surface area contributed by atoms with Crippen molar-refractivity contribution in [3.05, 3.63) is 58.1 Å². The fraction of sp³-hybridized carbons (Fsp3) is 0.222. The average Bonchev–Trinajstić information content (AvgIpc) is 2.51. The molecule has 0 atom stereocenters. The molecule has 2 amide bonds. The zero-order valence-corrected chi connectivity index (χ0v) is 16.1. The molecule has 7 heteroatoms. The van der Waals surface area contributed by atoms with Gasteiger partial charge < -0.3 is 10.6 Å². The summed E-state index contributed by atoms with van der Waals surface area (Å²) in [6.45, 7) is 3.81. The smallest absolute Gasteiger partial charge is 0.256 e. The van der Waals surface area contributed by atoms with Crippen LogP contribution in [0, 0.1) is 0 Å². The lowest BCUT2D eigenvalue weighted by Gasteiger charge is -2.11. The zero-order chi connectivity index (χ0) is 18.4. The first-order valence-corrected chi connectivity index (χ1v) is 9.38. The Bertz CT molecular complexity index is 761. The van der Waals surface area contributed by atoms with Crippen LogP contribution in [0.25, 0.3) is 0 Å². The van der Waals surface area contributed by atoms with E-state index in [4.69, 9.17) is 23.2 Å². The lowest BCUT2D eigenvalue weighted by molar-refractivity contribution is -0.119. The van der Waals surface area contributed by atoms with E-state index in [0.29, 0.717) is 21.3 Å². The molecule has 0 aliphatic heterocycles. The summed E-state index contributed by atoms with van der Waals surface area (Å²) < 4.78 is 0. The number of nitrogens with one attached hydrogen (secondary N) is 2. The summed E-state index contributed by atoms with van der Waals surface area (Å²) >= 11 is 13.2. The highest BCUT2D eigenvalue weighted by Crippen LogP contribution is 2.26. The number of amides is 2. The molecule has 0 fully saturated rings. The van der Waals surface area contributed by atoms with Crippen LogP contribution in [0.5, 0.6) is 0 Å². The molecule has 2 rings (SSSR count). The summed E-state index contributed by atoms with van der Waals surface area (Å²) in [6.07, 6.45) is 0. The van der Waals surface area contributed by atoms with Gasteiger partial charge in [0.15, 0.2) is 0 Å². The minimum atomic E-state index is -0.286. The van der Waals surface area contributed by atoms with Gasteiger partial charge in [-0.25, -0.2) is 0 Å². The minimum Gasteiger partial charge on any atom is -0.353 e. The van der Waals surface area contributed by atoms with Gasteiger partial charge in [0.05, 0.1) is 11.3 Å². The predicted molar refractivity (Wildman–Crippen MR) is 105 cm³/mol. The van der Waals surface area contributed by atoms with E-state index in [1.54, 1.807) is 30.3 Å². The Morgan fingerprint density at radius 1 is 1.08 bits per heavy atom. The van der Waals surface area contributed by atoms with Gasteiger partial charge in [0, 0.05) is 26.7 Å².